The van der Waals surface area contributed by atoms with Crippen LogP contribution in [0.2, 0.25) is 0 Å². The van der Waals surface area contributed by atoms with Crippen LogP contribution < -0.4 is 5.32 Å². The number of amides is 1. The summed E-state index contributed by atoms with van der Waals surface area (Å²) in [5.41, 5.74) is 0.941. The number of carbonyl (C=O) groups is 1. The van der Waals surface area contributed by atoms with E-state index in [1.807, 2.05) is 13.0 Å². The first kappa shape index (κ1) is 14.5. The number of fused-ring (bicyclic) bond motifs is 1. The molecule has 2 heterocycles. The molecule has 2 unspecified atom stereocenters. The van der Waals surface area contributed by atoms with Crippen molar-refractivity contribution in [2.75, 3.05) is 13.1 Å². The van der Waals surface area contributed by atoms with E-state index in [0.717, 1.165) is 12.0 Å². The molecule has 2 fully saturated rings. The predicted molar refractivity (Wildman–Crippen MR) is 79.2 cm³/mol. The van der Waals surface area contributed by atoms with Crippen LogP contribution in [-0.4, -0.2) is 37.8 Å². The molecule has 0 saturated carbocycles. The van der Waals surface area contributed by atoms with Crippen LogP contribution in [0, 0.1) is 12.8 Å². The largest absolute Gasteiger partial charge is 0.353 e. The van der Waals surface area contributed by atoms with Crippen molar-refractivity contribution in [2.24, 2.45) is 5.92 Å². The van der Waals surface area contributed by atoms with Gasteiger partial charge in [-0.2, -0.15) is 4.31 Å². The number of nitrogens with zero attached hydrogens (tertiary/aromatic N) is 1. The number of carbonyl (C=O) groups excluding carboxylic acids is 1. The Hall–Kier alpha value is -1.40. The molecule has 114 valence electrons. The first-order chi connectivity index (χ1) is 9.96. The molecule has 2 atom stereocenters. The van der Waals surface area contributed by atoms with Gasteiger partial charge in [-0.15, -0.1) is 0 Å². The first-order valence-electron chi connectivity index (χ1n) is 7.33. The number of hydrogen-bond donors (Lipinski definition) is 1. The highest BCUT2D eigenvalue weighted by Gasteiger charge is 2.38. The Balaban J connectivity index is 1.80. The van der Waals surface area contributed by atoms with Crippen molar-refractivity contribution in [2.45, 2.75) is 37.1 Å². The maximum absolute atomic E-state index is 12.7. The molecule has 1 amide bonds. The van der Waals surface area contributed by atoms with Gasteiger partial charge in [0.15, 0.2) is 0 Å². The van der Waals surface area contributed by atoms with Gasteiger partial charge < -0.3 is 5.32 Å². The van der Waals surface area contributed by atoms with Crippen molar-refractivity contribution in [3.05, 3.63) is 29.8 Å². The lowest BCUT2D eigenvalue weighted by Gasteiger charge is -2.40. The molecule has 6 heteroatoms. The summed E-state index contributed by atoms with van der Waals surface area (Å²) in [6, 6.07) is 7.16. The highest BCUT2D eigenvalue weighted by molar-refractivity contribution is 7.89. The molecule has 1 aromatic carbocycles. The summed E-state index contributed by atoms with van der Waals surface area (Å²) >= 11 is 0. The van der Waals surface area contributed by atoms with Gasteiger partial charge in [-0.3, -0.25) is 4.79 Å². The van der Waals surface area contributed by atoms with E-state index in [1.165, 1.54) is 0 Å². The number of benzene rings is 1. The SMILES string of the molecule is Cc1cccc(S(=O)(=O)N2CCC3NC(=O)CCC3C2)c1. The topological polar surface area (TPSA) is 66.5 Å². The maximum atomic E-state index is 12.7. The molecule has 1 N–H and O–H groups in total. The van der Waals surface area contributed by atoms with Gasteiger partial charge in [-0.25, -0.2) is 8.42 Å². The van der Waals surface area contributed by atoms with E-state index < -0.39 is 10.0 Å². The maximum Gasteiger partial charge on any atom is 0.243 e. The number of nitrogens with one attached hydrogen (secondary N) is 1. The summed E-state index contributed by atoms with van der Waals surface area (Å²) in [5.74, 6) is 0.322. The molecule has 5 nitrogen and oxygen atoms in total. The van der Waals surface area contributed by atoms with Gasteiger partial charge in [0.1, 0.15) is 0 Å². The second-order valence-electron chi connectivity index (χ2n) is 5.94. The second kappa shape index (κ2) is 5.42. The van der Waals surface area contributed by atoms with E-state index in [2.05, 4.69) is 5.32 Å². The summed E-state index contributed by atoms with van der Waals surface area (Å²) in [5, 5.41) is 2.98. The van der Waals surface area contributed by atoms with Crippen molar-refractivity contribution in [1.29, 1.82) is 0 Å². The van der Waals surface area contributed by atoms with Gasteiger partial charge in [0.2, 0.25) is 15.9 Å². The lowest BCUT2D eigenvalue weighted by molar-refractivity contribution is -0.124. The zero-order valence-corrected chi connectivity index (χ0v) is 12.9. The van der Waals surface area contributed by atoms with Crippen LogP contribution in [0.5, 0.6) is 0 Å². The van der Waals surface area contributed by atoms with Gasteiger partial charge in [0.05, 0.1) is 4.90 Å². The summed E-state index contributed by atoms with van der Waals surface area (Å²) in [6.45, 7) is 2.86. The third-order valence-corrected chi connectivity index (χ3v) is 6.27. The van der Waals surface area contributed by atoms with Crippen molar-refractivity contribution >= 4 is 15.9 Å². The zero-order chi connectivity index (χ0) is 15.0. The third kappa shape index (κ3) is 2.82. The Morgan fingerprint density at radius 3 is 2.86 bits per heavy atom. The van der Waals surface area contributed by atoms with E-state index in [0.29, 0.717) is 30.8 Å². The highest BCUT2D eigenvalue weighted by Crippen LogP contribution is 2.29. The third-order valence-electron chi connectivity index (χ3n) is 4.41. The van der Waals surface area contributed by atoms with Crippen LogP contribution in [0.25, 0.3) is 0 Å². The van der Waals surface area contributed by atoms with Crippen LogP contribution in [-0.2, 0) is 14.8 Å². The van der Waals surface area contributed by atoms with Gasteiger partial charge in [-0.1, -0.05) is 12.1 Å². The van der Waals surface area contributed by atoms with Gasteiger partial charge >= 0.3 is 0 Å². The Morgan fingerprint density at radius 1 is 1.29 bits per heavy atom. The van der Waals surface area contributed by atoms with Crippen LogP contribution >= 0.6 is 0 Å². The molecule has 1 aromatic rings. The summed E-state index contributed by atoms with van der Waals surface area (Å²) in [4.78, 5) is 11.8. The Morgan fingerprint density at radius 2 is 2.10 bits per heavy atom. The molecule has 2 aliphatic rings. The number of piperidine rings is 2. The molecule has 0 radical (unpaired) electrons. The average molecular weight is 308 g/mol. The minimum absolute atomic E-state index is 0.0891. The Kier molecular flexibility index (Phi) is 3.75. The van der Waals surface area contributed by atoms with Crippen molar-refractivity contribution < 1.29 is 13.2 Å². The van der Waals surface area contributed by atoms with Crippen molar-refractivity contribution in [3.8, 4) is 0 Å². The van der Waals surface area contributed by atoms with Gasteiger partial charge in [0.25, 0.3) is 0 Å². The molecule has 21 heavy (non-hydrogen) atoms. The fraction of sp³-hybridized carbons (Fsp3) is 0.533. The van der Waals surface area contributed by atoms with Gasteiger partial charge in [0, 0.05) is 25.6 Å². The van der Waals surface area contributed by atoms with E-state index in [-0.39, 0.29) is 17.9 Å². The number of rotatable bonds is 2. The lowest BCUT2D eigenvalue weighted by atomic mass is 9.86. The molecule has 3 rings (SSSR count). The fourth-order valence-corrected chi connectivity index (χ4v) is 4.84. The average Bonchev–Trinajstić information content (AvgIpc) is 2.46. The van der Waals surface area contributed by atoms with Gasteiger partial charge in [-0.05, 0) is 43.4 Å². The smallest absolute Gasteiger partial charge is 0.243 e. The van der Waals surface area contributed by atoms with Crippen LogP contribution in [0.3, 0.4) is 0 Å². The Labute approximate surface area is 125 Å². The van der Waals surface area contributed by atoms with Crippen LogP contribution in [0.1, 0.15) is 24.8 Å². The summed E-state index contributed by atoms with van der Waals surface area (Å²) in [7, 11) is -3.43. The van der Waals surface area contributed by atoms with Crippen LogP contribution in [0.15, 0.2) is 29.2 Å². The molecule has 0 aliphatic carbocycles. The quantitative estimate of drug-likeness (QED) is 0.895. The predicted octanol–water partition coefficient (Wildman–Crippen LogP) is 1.28. The number of aryl methyl sites for hydroxylation is 1. The molecule has 2 aliphatic heterocycles. The van der Waals surface area contributed by atoms with Crippen molar-refractivity contribution in [3.63, 3.8) is 0 Å². The molecule has 0 aromatic heterocycles. The van der Waals surface area contributed by atoms with Crippen molar-refractivity contribution in [1.82, 2.24) is 9.62 Å². The van der Waals surface area contributed by atoms with E-state index in [9.17, 15) is 13.2 Å². The first-order valence-corrected chi connectivity index (χ1v) is 8.77. The fourth-order valence-electron chi connectivity index (χ4n) is 3.22. The second-order valence-corrected chi connectivity index (χ2v) is 7.88. The molecular weight excluding hydrogens is 288 g/mol. The standard InChI is InChI=1S/C15H20N2O3S/c1-11-3-2-4-13(9-11)21(19,20)17-8-7-14-12(10-17)5-6-15(18)16-14/h2-4,9,12,14H,5-8,10H2,1H3,(H,16,18). The molecule has 0 spiro atoms. The summed E-state index contributed by atoms with van der Waals surface area (Å²) < 4.78 is 27.0. The molecule has 0 bridgehead atoms. The monoisotopic (exact) mass is 308 g/mol. The number of hydrogen-bond acceptors (Lipinski definition) is 3. The van der Waals surface area contributed by atoms with E-state index >= 15 is 0 Å². The zero-order valence-electron chi connectivity index (χ0n) is 12.1. The normalized spacial score (nSPS) is 27.0. The van der Waals surface area contributed by atoms with Crippen LogP contribution in [0.4, 0.5) is 0 Å². The summed E-state index contributed by atoms with van der Waals surface area (Å²) in [6.07, 6.45) is 1.97. The molecular formula is C15H20N2O3S. The lowest BCUT2D eigenvalue weighted by Crippen LogP contribution is -2.54. The van der Waals surface area contributed by atoms with E-state index in [4.69, 9.17) is 0 Å². The minimum atomic E-state index is -3.43. The highest BCUT2D eigenvalue weighted by atomic mass is 32.2. The Bertz CT molecular complexity index is 657. The minimum Gasteiger partial charge on any atom is -0.353 e. The number of sulfonamides is 1. The molecule has 2 saturated heterocycles. The van der Waals surface area contributed by atoms with E-state index in [1.54, 1.807) is 22.5 Å².